The molecule has 246 valence electrons. The van der Waals surface area contributed by atoms with Crippen molar-refractivity contribution in [2.75, 3.05) is 30.2 Å². The zero-order valence-electron chi connectivity index (χ0n) is 25.4. The van der Waals surface area contributed by atoms with Crippen molar-refractivity contribution in [3.63, 3.8) is 0 Å². The molecule has 1 unspecified atom stereocenters. The average Bonchev–Trinajstić information content (AvgIpc) is 3.39. The van der Waals surface area contributed by atoms with E-state index in [9.17, 15) is 22.6 Å². The Kier molecular flexibility index (Phi) is 15.4. The Bertz CT molecular complexity index is 1300. The molecule has 0 amide bonds. The highest BCUT2D eigenvalue weighted by molar-refractivity contribution is 7.99. The molecule has 0 fully saturated rings. The van der Waals surface area contributed by atoms with Crippen LogP contribution in [0.4, 0.5) is 19.0 Å². The number of aromatic nitrogens is 4. The van der Waals surface area contributed by atoms with Gasteiger partial charge in [-0.15, -0.1) is 0 Å². The molecule has 0 saturated heterocycles. The standard InChI is InChI=1S/C30H45F3N5O4PS/c1-24(20-38-22-37-27-28(34)35-21-36-29(27)38)41-23-43(39,40)42-17-11-19-44-18-10-8-6-4-2-3-5-7-9-12-25-13-15-26(16-14-25)30(31,32)33/h13-16,21-22,24H,2-12,17-20,23H2,1H3,(H,39,40)(H2,34,35,36)/t24-/m1/s1. The second kappa shape index (κ2) is 18.7. The van der Waals surface area contributed by atoms with Gasteiger partial charge in [-0.2, -0.15) is 24.9 Å². The Morgan fingerprint density at radius 1 is 0.955 bits per heavy atom. The number of alkyl halides is 3. The van der Waals surface area contributed by atoms with E-state index in [0.717, 1.165) is 42.8 Å². The highest BCUT2D eigenvalue weighted by Crippen LogP contribution is 2.42. The van der Waals surface area contributed by atoms with Gasteiger partial charge in [0.1, 0.15) is 18.2 Å². The second-order valence-corrected chi connectivity index (χ2v) is 14.0. The number of thioether (sulfide) groups is 1. The summed E-state index contributed by atoms with van der Waals surface area (Å²) in [5.41, 5.74) is 7.27. The predicted molar refractivity (Wildman–Crippen MR) is 170 cm³/mol. The van der Waals surface area contributed by atoms with E-state index in [0.29, 0.717) is 29.9 Å². The fourth-order valence-corrected chi connectivity index (χ4v) is 6.59. The van der Waals surface area contributed by atoms with Crippen LogP contribution in [0.15, 0.2) is 36.9 Å². The maximum Gasteiger partial charge on any atom is 0.416 e. The summed E-state index contributed by atoms with van der Waals surface area (Å²) in [5.74, 6) is 2.24. The van der Waals surface area contributed by atoms with Gasteiger partial charge in [0.15, 0.2) is 11.5 Å². The molecule has 3 N–H and O–H groups in total. The van der Waals surface area contributed by atoms with E-state index < -0.39 is 19.3 Å². The van der Waals surface area contributed by atoms with Gasteiger partial charge in [-0.25, -0.2) is 15.0 Å². The largest absolute Gasteiger partial charge is 0.416 e. The van der Waals surface area contributed by atoms with Crippen LogP contribution in [0.25, 0.3) is 11.2 Å². The topological polar surface area (TPSA) is 125 Å². The highest BCUT2D eigenvalue weighted by Gasteiger charge is 2.29. The number of nitrogens with zero attached hydrogens (tertiary/aromatic N) is 4. The van der Waals surface area contributed by atoms with Gasteiger partial charge >= 0.3 is 13.8 Å². The zero-order valence-corrected chi connectivity index (χ0v) is 27.1. The van der Waals surface area contributed by atoms with Crippen LogP contribution < -0.4 is 5.73 Å². The fraction of sp³-hybridized carbons (Fsp3) is 0.633. The lowest BCUT2D eigenvalue weighted by Crippen LogP contribution is -2.17. The lowest BCUT2D eigenvalue weighted by molar-refractivity contribution is -0.137. The van der Waals surface area contributed by atoms with Crippen LogP contribution in [-0.2, 0) is 33.0 Å². The van der Waals surface area contributed by atoms with E-state index in [1.807, 2.05) is 11.8 Å². The molecule has 0 saturated carbocycles. The number of anilines is 1. The molecule has 14 heteroatoms. The van der Waals surface area contributed by atoms with Gasteiger partial charge in [-0.1, -0.05) is 57.1 Å². The van der Waals surface area contributed by atoms with E-state index in [1.54, 1.807) is 30.0 Å². The molecular formula is C30H45F3N5O4PS. The van der Waals surface area contributed by atoms with Crippen molar-refractivity contribution in [2.45, 2.75) is 96.4 Å². The molecule has 0 spiro atoms. The molecule has 3 rings (SSSR count). The van der Waals surface area contributed by atoms with Crippen molar-refractivity contribution in [3.8, 4) is 0 Å². The van der Waals surface area contributed by atoms with Gasteiger partial charge in [-0.3, -0.25) is 4.57 Å². The summed E-state index contributed by atoms with van der Waals surface area (Å²) in [6.45, 7) is 2.40. The number of nitrogen functional groups attached to an aromatic ring is 1. The van der Waals surface area contributed by atoms with Crippen LogP contribution in [0.3, 0.4) is 0 Å². The first-order valence-electron chi connectivity index (χ1n) is 15.3. The van der Waals surface area contributed by atoms with Crippen molar-refractivity contribution in [1.82, 2.24) is 19.5 Å². The Morgan fingerprint density at radius 3 is 2.27 bits per heavy atom. The van der Waals surface area contributed by atoms with Gasteiger partial charge in [0, 0.05) is 0 Å². The molecule has 3 aromatic rings. The molecule has 2 aromatic heterocycles. The number of hydrogen-bond donors (Lipinski definition) is 2. The first-order valence-corrected chi connectivity index (χ1v) is 18.2. The van der Waals surface area contributed by atoms with Crippen LogP contribution >= 0.6 is 19.4 Å². The number of benzene rings is 1. The Labute approximate surface area is 262 Å². The quantitative estimate of drug-likeness (QED) is 0.0819. The molecule has 1 aromatic carbocycles. The number of ether oxygens (including phenoxy) is 1. The third-order valence-electron chi connectivity index (χ3n) is 7.17. The smallest absolute Gasteiger partial charge is 0.382 e. The Balaban J connectivity index is 1.09. The lowest BCUT2D eigenvalue weighted by Gasteiger charge is -2.17. The Morgan fingerprint density at radius 2 is 1.59 bits per heavy atom. The van der Waals surface area contributed by atoms with E-state index in [2.05, 4.69) is 15.0 Å². The molecular weight excluding hydrogens is 614 g/mol. The summed E-state index contributed by atoms with van der Waals surface area (Å²) in [6.07, 6.45) is 9.98. The number of aryl methyl sites for hydroxylation is 1. The number of imidazole rings is 1. The van der Waals surface area contributed by atoms with E-state index >= 15 is 0 Å². The molecule has 9 nitrogen and oxygen atoms in total. The second-order valence-electron chi connectivity index (χ2n) is 11.0. The predicted octanol–water partition coefficient (Wildman–Crippen LogP) is 7.87. The van der Waals surface area contributed by atoms with Crippen molar-refractivity contribution >= 4 is 36.3 Å². The minimum Gasteiger partial charge on any atom is -0.382 e. The van der Waals surface area contributed by atoms with Crippen LogP contribution in [0.2, 0.25) is 0 Å². The van der Waals surface area contributed by atoms with Crippen LogP contribution in [0.5, 0.6) is 0 Å². The number of halogens is 3. The monoisotopic (exact) mass is 659 g/mol. The molecule has 2 atom stereocenters. The normalized spacial score (nSPS) is 14.2. The number of rotatable bonds is 22. The third kappa shape index (κ3) is 13.4. The van der Waals surface area contributed by atoms with Gasteiger partial charge in [0.25, 0.3) is 0 Å². The molecule has 0 bridgehead atoms. The fourth-order valence-electron chi connectivity index (χ4n) is 4.72. The maximum atomic E-state index is 12.6. The van der Waals surface area contributed by atoms with Crippen LogP contribution in [-0.4, -0.2) is 55.0 Å². The summed E-state index contributed by atoms with van der Waals surface area (Å²) < 4.78 is 62.8. The first-order chi connectivity index (χ1) is 21.0. The van der Waals surface area contributed by atoms with Crippen molar-refractivity contribution in [1.29, 1.82) is 0 Å². The van der Waals surface area contributed by atoms with E-state index in [-0.39, 0.29) is 19.1 Å². The summed E-state index contributed by atoms with van der Waals surface area (Å²) in [4.78, 5) is 22.4. The Hall–Kier alpha value is -2.18. The summed E-state index contributed by atoms with van der Waals surface area (Å²) in [6, 6.07) is 5.50. The van der Waals surface area contributed by atoms with Gasteiger partial charge in [0.2, 0.25) is 0 Å². The molecule has 0 radical (unpaired) electrons. The summed E-state index contributed by atoms with van der Waals surface area (Å²) in [7, 11) is -3.84. The van der Waals surface area contributed by atoms with Crippen molar-refractivity contribution in [2.24, 2.45) is 0 Å². The highest BCUT2D eigenvalue weighted by atomic mass is 32.2. The number of fused-ring (bicyclic) bond motifs is 1. The number of nitrogens with two attached hydrogens (primary N) is 1. The first kappa shape index (κ1) is 36.3. The third-order valence-corrected chi connectivity index (χ3v) is 9.38. The number of unbranched alkanes of at least 4 members (excludes halogenated alkanes) is 8. The van der Waals surface area contributed by atoms with Crippen molar-refractivity contribution < 1.29 is 31.9 Å². The number of hydrogen-bond acceptors (Lipinski definition) is 8. The van der Waals surface area contributed by atoms with Crippen LogP contribution in [0.1, 0.15) is 82.3 Å². The summed E-state index contributed by atoms with van der Waals surface area (Å²) in [5, 5.41) is 0. The average molecular weight is 660 g/mol. The minimum atomic E-state index is -4.27. The van der Waals surface area contributed by atoms with Gasteiger partial charge < -0.3 is 24.5 Å². The molecule has 0 aliphatic heterocycles. The minimum absolute atomic E-state index is 0.214. The summed E-state index contributed by atoms with van der Waals surface area (Å²) >= 11 is 1.84. The van der Waals surface area contributed by atoms with Gasteiger partial charge in [-0.05, 0) is 61.8 Å². The molecule has 44 heavy (non-hydrogen) atoms. The van der Waals surface area contributed by atoms with Crippen molar-refractivity contribution in [3.05, 3.63) is 48.0 Å². The molecule has 0 aliphatic rings. The van der Waals surface area contributed by atoms with E-state index in [1.165, 1.54) is 57.0 Å². The maximum absolute atomic E-state index is 12.6. The lowest BCUT2D eigenvalue weighted by atomic mass is 10.0. The van der Waals surface area contributed by atoms with E-state index in [4.69, 9.17) is 15.0 Å². The van der Waals surface area contributed by atoms with Crippen LogP contribution in [0, 0.1) is 0 Å². The zero-order chi connectivity index (χ0) is 31.8. The SMILES string of the molecule is C[C@H](Cn1cnc2c(N)ncnc21)OCP(=O)(O)OCCCSCCCCCCCCCCCc1ccc(C(F)(F)F)cc1. The molecule has 0 aliphatic carbocycles. The molecule has 2 heterocycles. The van der Waals surface area contributed by atoms with Gasteiger partial charge in [0.05, 0.1) is 31.1 Å².